The first kappa shape index (κ1) is 12.8. The Kier molecular flexibility index (Phi) is 3.58. The minimum absolute atomic E-state index is 0.198. The van der Waals surface area contributed by atoms with Crippen LogP contribution < -0.4 is 5.32 Å². The average molecular weight is 254 g/mol. The number of aromatic hydroxyl groups is 2. The Bertz CT molecular complexity index is 632. The van der Waals surface area contributed by atoms with Gasteiger partial charge in [-0.25, -0.2) is 0 Å². The molecule has 0 saturated heterocycles. The van der Waals surface area contributed by atoms with Gasteiger partial charge >= 0.3 is 0 Å². The molecule has 0 aromatic heterocycles. The smallest absolute Gasteiger partial charge is 0.157 e. The lowest BCUT2D eigenvalue weighted by atomic mass is 10.1. The number of nitriles is 1. The predicted molar refractivity (Wildman–Crippen MR) is 72.9 cm³/mol. The van der Waals surface area contributed by atoms with Gasteiger partial charge in [0.05, 0.1) is 6.07 Å². The van der Waals surface area contributed by atoms with E-state index in [1.807, 2.05) is 31.2 Å². The summed E-state index contributed by atoms with van der Waals surface area (Å²) in [4.78, 5) is 0. The summed E-state index contributed by atoms with van der Waals surface area (Å²) in [6.07, 6.45) is 0. The molecule has 3 N–H and O–H groups in total. The van der Waals surface area contributed by atoms with Crippen LogP contribution in [0.3, 0.4) is 0 Å². The van der Waals surface area contributed by atoms with Gasteiger partial charge in [0.2, 0.25) is 0 Å². The van der Waals surface area contributed by atoms with Crippen LogP contribution in [0, 0.1) is 18.3 Å². The number of benzene rings is 2. The molecule has 0 bridgehead atoms. The fraction of sp³-hybridized carbons (Fsp3) is 0.133. The zero-order chi connectivity index (χ0) is 13.8. The van der Waals surface area contributed by atoms with Crippen molar-refractivity contribution in [2.75, 3.05) is 5.32 Å². The Morgan fingerprint density at radius 1 is 1.11 bits per heavy atom. The van der Waals surface area contributed by atoms with Crippen molar-refractivity contribution in [3.8, 4) is 17.6 Å². The third kappa shape index (κ3) is 2.96. The summed E-state index contributed by atoms with van der Waals surface area (Å²) in [5, 5.41) is 31.0. The van der Waals surface area contributed by atoms with Crippen LogP contribution in [0.25, 0.3) is 0 Å². The van der Waals surface area contributed by atoms with Gasteiger partial charge in [0.15, 0.2) is 11.5 Å². The molecule has 4 nitrogen and oxygen atoms in total. The molecule has 0 heterocycles. The molecule has 2 aromatic carbocycles. The molecule has 0 spiro atoms. The molecule has 2 aromatic rings. The normalized spacial score (nSPS) is 11.6. The van der Waals surface area contributed by atoms with E-state index < -0.39 is 6.04 Å². The van der Waals surface area contributed by atoms with E-state index in [1.54, 1.807) is 6.07 Å². The summed E-state index contributed by atoms with van der Waals surface area (Å²) < 4.78 is 0. The molecule has 0 aliphatic carbocycles. The topological polar surface area (TPSA) is 76.3 Å². The van der Waals surface area contributed by atoms with Crippen molar-refractivity contribution < 1.29 is 10.2 Å². The highest BCUT2D eigenvalue weighted by molar-refractivity contribution is 5.51. The van der Waals surface area contributed by atoms with E-state index in [4.69, 9.17) is 0 Å². The van der Waals surface area contributed by atoms with Crippen molar-refractivity contribution in [3.63, 3.8) is 0 Å². The van der Waals surface area contributed by atoms with E-state index in [0.717, 1.165) is 11.3 Å². The molecule has 1 atom stereocenters. The highest BCUT2D eigenvalue weighted by Gasteiger charge is 2.12. The third-order valence-corrected chi connectivity index (χ3v) is 2.79. The van der Waals surface area contributed by atoms with Crippen molar-refractivity contribution in [1.82, 2.24) is 0 Å². The first-order valence-corrected chi connectivity index (χ1v) is 5.85. The van der Waals surface area contributed by atoms with E-state index in [9.17, 15) is 15.5 Å². The molecule has 2 rings (SSSR count). The van der Waals surface area contributed by atoms with E-state index in [1.165, 1.54) is 12.1 Å². The van der Waals surface area contributed by atoms with E-state index in [0.29, 0.717) is 5.56 Å². The van der Waals surface area contributed by atoms with Gasteiger partial charge in [-0.05, 0) is 42.3 Å². The number of hydrogen-bond donors (Lipinski definition) is 3. The fourth-order valence-corrected chi connectivity index (χ4v) is 1.81. The van der Waals surface area contributed by atoms with Crippen molar-refractivity contribution in [3.05, 3.63) is 53.6 Å². The highest BCUT2D eigenvalue weighted by atomic mass is 16.3. The molecular formula is C15H14N2O2. The van der Waals surface area contributed by atoms with E-state index in [-0.39, 0.29) is 11.5 Å². The number of phenols is 2. The van der Waals surface area contributed by atoms with Gasteiger partial charge in [-0.3, -0.25) is 0 Å². The molecule has 0 aliphatic rings. The molecule has 0 saturated carbocycles. The van der Waals surface area contributed by atoms with Crippen molar-refractivity contribution in [2.45, 2.75) is 13.0 Å². The Labute approximate surface area is 111 Å². The number of phenolic OH excluding ortho intramolecular Hbond substituents is 2. The largest absolute Gasteiger partial charge is 0.504 e. The minimum atomic E-state index is -0.590. The minimum Gasteiger partial charge on any atom is -0.504 e. The highest BCUT2D eigenvalue weighted by Crippen LogP contribution is 2.29. The number of nitrogens with one attached hydrogen (secondary N) is 1. The summed E-state index contributed by atoms with van der Waals surface area (Å²) in [6.45, 7) is 1.97. The Balaban J connectivity index is 2.25. The molecule has 1 unspecified atom stereocenters. The summed E-state index contributed by atoms with van der Waals surface area (Å²) in [7, 11) is 0. The lowest BCUT2D eigenvalue weighted by molar-refractivity contribution is 0.403. The summed E-state index contributed by atoms with van der Waals surface area (Å²) in [6, 6.07) is 13.6. The Hall–Kier alpha value is -2.67. The van der Waals surface area contributed by atoms with Crippen LogP contribution in [-0.4, -0.2) is 10.2 Å². The van der Waals surface area contributed by atoms with Crippen LogP contribution in [0.2, 0.25) is 0 Å². The number of hydrogen-bond acceptors (Lipinski definition) is 4. The van der Waals surface area contributed by atoms with Crippen molar-refractivity contribution in [2.24, 2.45) is 0 Å². The fourth-order valence-electron chi connectivity index (χ4n) is 1.81. The first-order valence-electron chi connectivity index (χ1n) is 5.85. The molecule has 0 fully saturated rings. The Morgan fingerprint density at radius 3 is 2.53 bits per heavy atom. The zero-order valence-electron chi connectivity index (χ0n) is 10.5. The molecule has 19 heavy (non-hydrogen) atoms. The quantitative estimate of drug-likeness (QED) is 0.736. The zero-order valence-corrected chi connectivity index (χ0v) is 10.5. The second-order valence-electron chi connectivity index (χ2n) is 4.32. The molecule has 0 amide bonds. The average Bonchev–Trinajstić information content (AvgIpc) is 2.39. The van der Waals surface area contributed by atoms with E-state index >= 15 is 0 Å². The summed E-state index contributed by atoms with van der Waals surface area (Å²) in [5.41, 5.74) is 2.52. The lowest BCUT2D eigenvalue weighted by Gasteiger charge is -2.14. The first-order chi connectivity index (χ1) is 9.10. The second-order valence-corrected chi connectivity index (χ2v) is 4.32. The summed E-state index contributed by atoms with van der Waals surface area (Å²) in [5.74, 6) is -0.431. The molecule has 0 aliphatic heterocycles. The maximum atomic E-state index is 9.47. The van der Waals surface area contributed by atoms with Gasteiger partial charge < -0.3 is 15.5 Å². The van der Waals surface area contributed by atoms with Crippen LogP contribution in [0.1, 0.15) is 17.2 Å². The lowest BCUT2D eigenvalue weighted by Crippen LogP contribution is -2.08. The van der Waals surface area contributed by atoms with Crippen molar-refractivity contribution in [1.29, 1.82) is 5.26 Å². The molecule has 4 heteroatoms. The summed E-state index contributed by atoms with van der Waals surface area (Å²) >= 11 is 0. The number of aryl methyl sites for hydroxylation is 1. The molecule has 0 radical (unpaired) electrons. The number of nitrogens with zero attached hydrogens (tertiary/aromatic N) is 1. The van der Waals surface area contributed by atoms with Gasteiger partial charge in [-0.1, -0.05) is 18.2 Å². The number of anilines is 1. The van der Waals surface area contributed by atoms with Gasteiger partial charge in [-0.15, -0.1) is 0 Å². The van der Waals surface area contributed by atoms with E-state index in [2.05, 4.69) is 11.4 Å². The van der Waals surface area contributed by atoms with Crippen LogP contribution >= 0.6 is 0 Å². The molecular weight excluding hydrogens is 240 g/mol. The van der Waals surface area contributed by atoms with Gasteiger partial charge in [0.1, 0.15) is 6.04 Å². The van der Waals surface area contributed by atoms with Crippen LogP contribution in [0.15, 0.2) is 42.5 Å². The van der Waals surface area contributed by atoms with Crippen molar-refractivity contribution >= 4 is 5.69 Å². The van der Waals surface area contributed by atoms with Gasteiger partial charge in [0, 0.05) is 5.69 Å². The predicted octanol–water partition coefficient (Wildman–Crippen LogP) is 3.08. The van der Waals surface area contributed by atoms with Gasteiger partial charge in [-0.2, -0.15) is 5.26 Å². The second kappa shape index (κ2) is 5.32. The standard InChI is InChI=1S/C15H14N2O2/c1-10-3-2-4-12(7-10)17-13(9-16)11-5-6-14(18)15(19)8-11/h2-8,13,17-19H,1H3. The SMILES string of the molecule is Cc1cccc(NC(C#N)c2ccc(O)c(O)c2)c1. The van der Waals surface area contributed by atoms with Crippen LogP contribution in [0.5, 0.6) is 11.5 Å². The number of rotatable bonds is 3. The maximum absolute atomic E-state index is 9.47. The molecule has 96 valence electrons. The maximum Gasteiger partial charge on any atom is 0.157 e. The Morgan fingerprint density at radius 2 is 1.89 bits per heavy atom. The van der Waals surface area contributed by atoms with Gasteiger partial charge in [0.25, 0.3) is 0 Å². The van der Waals surface area contributed by atoms with Crippen LogP contribution in [-0.2, 0) is 0 Å². The monoisotopic (exact) mass is 254 g/mol. The third-order valence-electron chi connectivity index (χ3n) is 2.79. The van der Waals surface area contributed by atoms with Crippen LogP contribution in [0.4, 0.5) is 5.69 Å².